The number of aromatic nitrogens is 3. The Labute approximate surface area is 198 Å². The van der Waals surface area contributed by atoms with E-state index in [4.69, 9.17) is 23.2 Å². The van der Waals surface area contributed by atoms with Gasteiger partial charge in [0.15, 0.2) is 10.8 Å². The molecule has 2 aromatic heterocycles. The molecular formula is C20H20Cl2N6O3S. The fourth-order valence-corrected chi connectivity index (χ4v) is 3.90. The number of halogens is 2. The summed E-state index contributed by atoms with van der Waals surface area (Å²) in [5, 5.41) is 9.91. The second-order valence-corrected chi connectivity index (χ2v) is 8.65. The molecule has 0 saturated heterocycles. The van der Waals surface area contributed by atoms with Crippen molar-refractivity contribution in [2.45, 2.75) is 13.0 Å². The minimum absolute atomic E-state index is 0.132. The average Bonchev–Trinajstić information content (AvgIpc) is 3.34. The summed E-state index contributed by atoms with van der Waals surface area (Å²) in [6, 6.07) is 0. The van der Waals surface area contributed by atoms with Gasteiger partial charge in [0, 0.05) is 26.5 Å². The van der Waals surface area contributed by atoms with E-state index in [0.717, 1.165) is 5.57 Å². The molecule has 0 aromatic carbocycles. The van der Waals surface area contributed by atoms with Crippen molar-refractivity contribution in [3.8, 4) is 0 Å². The van der Waals surface area contributed by atoms with Crippen molar-refractivity contribution < 1.29 is 14.4 Å². The number of hydrogen-bond acceptors (Lipinski definition) is 6. The summed E-state index contributed by atoms with van der Waals surface area (Å²) >= 11 is 13.5. The molecule has 0 saturated carbocycles. The van der Waals surface area contributed by atoms with Crippen LogP contribution in [0.15, 0.2) is 39.9 Å². The van der Waals surface area contributed by atoms with Gasteiger partial charge in [-0.25, -0.2) is 9.67 Å². The van der Waals surface area contributed by atoms with Crippen molar-refractivity contribution in [2.24, 2.45) is 0 Å². The summed E-state index contributed by atoms with van der Waals surface area (Å²) in [5.41, 5.74) is 1.89. The molecule has 3 amide bonds. The third-order valence-electron chi connectivity index (χ3n) is 4.45. The number of carbonyl (C=O) groups is 3. The van der Waals surface area contributed by atoms with Crippen LogP contribution in [-0.4, -0.2) is 59.0 Å². The average molecular weight is 495 g/mol. The number of rotatable bonds is 7. The second-order valence-electron chi connectivity index (χ2n) is 6.98. The van der Waals surface area contributed by atoms with Gasteiger partial charge in [0.2, 0.25) is 12.3 Å². The lowest BCUT2D eigenvalue weighted by molar-refractivity contribution is -0.117. The molecule has 1 N–H and O–H groups in total. The van der Waals surface area contributed by atoms with Crippen LogP contribution in [0.4, 0.5) is 10.8 Å². The highest BCUT2D eigenvalue weighted by Gasteiger charge is 2.24. The number of hydrogen-bond donors (Lipinski definition) is 1. The number of allylic oxidation sites excluding steroid dienone is 6. The van der Waals surface area contributed by atoms with Crippen molar-refractivity contribution in [2.75, 3.05) is 31.4 Å². The first kappa shape index (κ1) is 23.7. The van der Waals surface area contributed by atoms with Gasteiger partial charge < -0.3 is 15.1 Å². The van der Waals surface area contributed by atoms with Crippen LogP contribution in [0.2, 0.25) is 0 Å². The zero-order valence-corrected chi connectivity index (χ0v) is 19.8. The maximum Gasteiger partial charge on any atom is 0.273 e. The van der Waals surface area contributed by atoms with Gasteiger partial charge in [0.1, 0.15) is 6.54 Å². The van der Waals surface area contributed by atoms with E-state index in [1.165, 1.54) is 39.1 Å². The Bertz CT molecular complexity index is 1150. The number of nitrogens with zero attached hydrogens (tertiary/aromatic N) is 5. The molecule has 0 fully saturated rings. The van der Waals surface area contributed by atoms with Crippen LogP contribution in [0.3, 0.4) is 0 Å². The predicted molar refractivity (Wildman–Crippen MR) is 126 cm³/mol. The molecule has 0 aliphatic heterocycles. The highest BCUT2D eigenvalue weighted by atomic mass is 35.5. The Morgan fingerprint density at radius 2 is 2.00 bits per heavy atom. The molecule has 12 heteroatoms. The van der Waals surface area contributed by atoms with Gasteiger partial charge >= 0.3 is 0 Å². The molecule has 0 bridgehead atoms. The van der Waals surface area contributed by atoms with Crippen molar-refractivity contribution in [3.05, 3.63) is 51.3 Å². The third-order valence-corrected chi connectivity index (χ3v) is 5.98. The molecule has 9 nitrogen and oxygen atoms in total. The van der Waals surface area contributed by atoms with Gasteiger partial charge in [0.25, 0.3) is 5.91 Å². The van der Waals surface area contributed by atoms with E-state index < -0.39 is 5.91 Å². The number of nitrogens with one attached hydrogen (secondary N) is 1. The zero-order chi connectivity index (χ0) is 23.4. The van der Waals surface area contributed by atoms with E-state index in [2.05, 4.69) is 15.4 Å². The number of amides is 3. The molecule has 0 radical (unpaired) electrons. The molecule has 0 atom stereocenters. The Balaban J connectivity index is 1.76. The summed E-state index contributed by atoms with van der Waals surface area (Å²) < 4.78 is 1.26. The number of carbonyl (C=O) groups excluding carboxylic acids is 3. The largest absolute Gasteiger partial charge is 0.343 e. The molecule has 1 aliphatic carbocycles. The van der Waals surface area contributed by atoms with E-state index in [1.807, 2.05) is 6.08 Å². The van der Waals surface area contributed by atoms with Crippen LogP contribution in [0.1, 0.15) is 22.6 Å². The van der Waals surface area contributed by atoms with Gasteiger partial charge in [-0.3, -0.25) is 14.4 Å². The first-order valence-corrected chi connectivity index (χ1v) is 11.0. The van der Waals surface area contributed by atoms with Crippen LogP contribution in [-0.2, 0) is 16.1 Å². The molecule has 0 spiro atoms. The van der Waals surface area contributed by atoms with Gasteiger partial charge in [0.05, 0.1) is 27.6 Å². The second kappa shape index (κ2) is 10.1. The lowest BCUT2D eigenvalue weighted by atomic mass is 10.2. The Morgan fingerprint density at radius 1 is 1.25 bits per heavy atom. The van der Waals surface area contributed by atoms with Crippen LogP contribution in [0.5, 0.6) is 0 Å². The first-order valence-electron chi connectivity index (χ1n) is 9.36. The number of thiazole rings is 1. The van der Waals surface area contributed by atoms with Crippen LogP contribution in [0.25, 0.3) is 5.57 Å². The third kappa shape index (κ3) is 5.26. The lowest BCUT2D eigenvalue weighted by Crippen LogP contribution is -2.30. The highest BCUT2D eigenvalue weighted by molar-refractivity contribution is 7.14. The predicted octanol–water partition coefficient (Wildman–Crippen LogP) is 3.31. The monoisotopic (exact) mass is 494 g/mol. The van der Waals surface area contributed by atoms with E-state index in [0.29, 0.717) is 39.4 Å². The molecular weight excluding hydrogens is 475 g/mol. The van der Waals surface area contributed by atoms with Crippen molar-refractivity contribution in [3.63, 3.8) is 0 Å². The summed E-state index contributed by atoms with van der Waals surface area (Å²) in [4.78, 5) is 43.4. The molecule has 3 rings (SSSR count). The summed E-state index contributed by atoms with van der Waals surface area (Å²) in [7, 11) is 4.66. The zero-order valence-electron chi connectivity index (χ0n) is 17.5. The molecule has 0 unspecified atom stereocenters. The van der Waals surface area contributed by atoms with Crippen LogP contribution >= 0.6 is 34.5 Å². The van der Waals surface area contributed by atoms with E-state index >= 15 is 0 Å². The Morgan fingerprint density at radius 3 is 2.69 bits per heavy atom. The standard InChI is InChI=1S/C20H20Cl2N6O3S/c1-26(2)19(31)18-16(27(3)11-29)8-23-28(18)9-17(30)25-20-24-15(10-32-20)12-5-4-6-13(21)14(22)7-12/h5-8,10-11H,4,9H2,1-3H3,(H,24,25,30). The normalized spacial score (nSPS) is 13.5. The fraction of sp³-hybridized carbons (Fsp3) is 0.250. The summed E-state index contributed by atoms with van der Waals surface area (Å²) in [6.45, 7) is -0.232. The molecule has 32 heavy (non-hydrogen) atoms. The van der Waals surface area contributed by atoms with Crippen molar-refractivity contribution in [1.29, 1.82) is 0 Å². The van der Waals surface area contributed by atoms with E-state index in [9.17, 15) is 14.4 Å². The lowest BCUT2D eigenvalue weighted by Gasteiger charge is -2.16. The summed E-state index contributed by atoms with van der Waals surface area (Å²) in [5.74, 6) is -0.804. The SMILES string of the molecule is CN(C)C(=O)c1c(N(C)C=O)cnn1CC(=O)Nc1nc(C2=CCC=C(Cl)C(Cl)=C2)cs1. The topological polar surface area (TPSA) is 100 Å². The summed E-state index contributed by atoms with van der Waals surface area (Å²) in [6.07, 6.45) is 8.01. The fourth-order valence-electron chi connectivity index (χ4n) is 2.83. The Hall–Kier alpha value is -2.95. The smallest absolute Gasteiger partial charge is 0.273 e. The van der Waals surface area contributed by atoms with Crippen LogP contribution < -0.4 is 10.2 Å². The van der Waals surface area contributed by atoms with Gasteiger partial charge in [-0.1, -0.05) is 35.4 Å². The van der Waals surface area contributed by atoms with Crippen molar-refractivity contribution >= 4 is 69.2 Å². The maximum atomic E-state index is 12.6. The molecule has 2 aromatic rings. The molecule has 2 heterocycles. The van der Waals surface area contributed by atoms with Gasteiger partial charge in [-0.05, 0) is 18.1 Å². The minimum Gasteiger partial charge on any atom is -0.343 e. The van der Waals surface area contributed by atoms with E-state index in [-0.39, 0.29) is 18.1 Å². The van der Waals surface area contributed by atoms with E-state index in [1.54, 1.807) is 31.6 Å². The first-order chi connectivity index (χ1) is 15.2. The Kier molecular flexibility index (Phi) is 7.49. The van der Waals surface area contributed by atoms with Gasteiger partial charge in [-0.2, -0.15) is 5.10 Å². The van der Waals surface area contributed by atoms with Gasteiger partial charge in [-0.15, -0.1) is 11.3 Å². The molecule has 1 aliphatic rings. The number of anilines is 2. The van der Waals surface area contributed by atoms with Crippen LogP contribution in [0, 0.1) is 0 Å². The quantitative estimate of drug-likeness (QED) is 0.595. The highest BCUT2D eigenvalue weighted by Crippen LogP contribution is 2.30. The molecule has 168 valence electrons. The maximum absolute atomic E-state index is 12.6. The minimum atomic E-state index is -0.421. The van der Waals surface area contributed by atoms with Crippen molar-refractivity contribution in [1.82, 2.24) is 19.7 Å².